The van der Waals surface area contributed by atoms with E-state index < -0.39 is 0 Å². The molecule has 0 aromatic carbocycles. The zero-order valence-corrected chi connectivity index (χ0v) is 13.9. The van der Waals surface area contributed by atoms with Crippen molar-refractivity contribution in [3.05, 3.63) is 23.0 Å². The predicted molar refractivity (Wildman–Crippen MR) is 88.6 cm³/mol. The van der Waals surface area contributed by atoms with Crippen molar-refractivity contribution in [2.75, 3.05) is 24.4 Å². The summed E-state index contributed by atoms with van der Waals surface area (Å²) >= 11 is 4.02. The first-order valence-electron chi connectivity index (χ1n) is 6.82. The SMILES string of the molecule is COc1c(C)cnc(CC(NN)C2CSCCS2)c1C. The predicted octanol–water partition coefficient (Wildman–Crippen LogP) is 1.93. The number of ether oxygens (including phenoxy) is 1. The number of aryl methyl sites for hydroxylation is 1. The van der Waals surface area contributed by atoms with Crippen molar-refractivity contribution in [2.45, 2.75) is 31.6 Å². The lowest BCUT2D eigenvalue weighted by Crippen LogP contribution is -2.46. The highest BCUT2D eigenvalue weighted by Gasteiger charge is 2.25. The number of aromatic nitrogens is 1. The van der Waals surface area contributed by atoms with Gasteiger partial charge in [0.15, 0.2) is 0 Å². The van der Waals surface area contributed by atoms with Crippen molar-refractivity contribution in [3.8, 4) is 5.75 Å². The van der Waals surface area contributed by atoms with Crippen molar-refractivity contribution >= 4 is 23.5 Å². The topological polar surface area (TPSA) is 60.2 Å². The molecule has 0 bridgehead atoms. The van der Waals surface area contributed by atoms with Gasteiger partial charge in [0, 0.05) is 58.0 Å². The Morgan fingerprint density at radius 2 is 2.30 bits per heavy atom. The number of hydrogen-bond donors (Lipinski definition) is 2. The second kappa shape index (κ2) is 7.54. The summed E-state index contributed by atoms with van der Waals surface area (Å²) in [5, 5.41) is 0.548. The molecule has 1 aliphatic heterocycles. The van der Waals surface area contributed by atoms with Crippen molar-refractivity contribution in [2.24, 2.45) is 5.84 Å². The molecule has 1 saturated heterocycles. The summed E-state index contributed by atoms with van der Waals surface area (Å²) in [5.74, 6) is 10.3. The molecule has 2 heterocycles. The Balaban J connectivity index is 2.14. The number of rotatable bonds is 5. The van der Waals surface area contributed by atoms with Crippen LogP contribution in [0.2, 0.25) is 0 Å². The first kappa shape index (κ1) is 15.9. The van der Waals surface area contributed by atoms with Crippen LogP contribution in [-0.4, -0.2) is 40.6 Å². The normalized spacial score (nSPS) is 20.7. The second-order valence-electron chi connectivity index (χ2n) is 5.01. The molecule has 4 nitrogen and oxygen atoms in total. The summed E-state index contributed by atoms with van der Waals surface area (Å²) < 4.78 is 5.48. The summed E-state index contributed by atoms with van der Waals surface area (Å²) in [7, 11) is 1.71. The lowest BCUT2D eigenvalue weighted by atomic mass is 10.0. The second-order valence-corrected chi connectivity index (χ2v) is 7.50. The number of hydrogen-bond acceptors (Lipinski definition) is 6. The third-order valence-electron chi connectivity index (χ3n) is 3.67. The van der Waals surface area contributed by atoms with Gasteiger partial charge in [0.2, 0.25) is 0 Å². The van der Waals surface area contributed by atoms with Gasteiger partial charge in [-0.25, -0.2) is 0 Å². The van der Waals surface area contributed by atoms with E-state index in [2.05, 4.69) is 17.3 Å². The van der Waals surface area contributed by atoms with Gasteiger partial charge in [-0.1, -0.05) is 0 Å². The Kier molecular flexibility index (Phi) is 6.01. The van der Waals surface area contributed by atoms with E-state index in [9.17, 15) is 0 Å². The van der Waals surface area contributed by atoms with Crippen LogP contribution in [0.4, 0.5) is 0 Å². The lowest BCUT2D eigenvalue weighted by molar-refractivity contribution is 0.406. The number of pyridine rings is 1. The van der Waals surface area contributed by atoms with E-state index in [-0.39, 0.29) is 6.04 Å². The summed E-state index contributed by atoms with van der Waals surface area (Å²) in [6, 6.07) is 0.256. The molecule has 3 N–H and O–H groups in total. The van der Waals surface area contributed by atoms with E-state index in [0.29, 0.717) is 5.25 Å². The average molecular weight is 313 g/mol. The minimum Gasteiger partial charge on any atom is -0.496 e. The zero-order valence-electron chi connectivity index (χ0n) is 12.3. The largest absolute Gasteiger partial charge is 0.496 e. The van der Waals surface area contributed by atoms with Crippen LogP contribution >= 0.6 is 23.5 Å². The monoisotopic (exact) mass is 313 g/mol. The molecule has 6 heteroatoms. The lowest BCUT2D eigenvalue weighted by Gasteiger charge is -2.29. The van der Waals surface area contributed by atoms with Crippen molar-refractivity contribution in [1.29, 1.82) is 0 Å². The van der Waals surface area contributed by atoms with Gasteiger partial charge < -0.3 is 4.74 Å². The molecule has 1 aromatic heterocycles. The third-order valence-corrected chi connectivity index (χ3v) is 6.59. The molecule has 2 atom stereocenters. The van der Waals surface area contributed by atoms with Gasteiger partial charge in [-0.3, -0.25) is 16.3 Å². The molecular formula is C14H23N3OS2. The number of methoxy groups -OCH3 is 1. The molecule has 0 saturated carbocycles. The van der Waals surface area contributed by atoms with Gasteiger partial charge in [0.25, 0.3) is 0 Å². The van der Waals surface area contributed by atoms with Gasteiger partial charge in [-0.15, -0.1) is 0 Å². The van der Waals surface area contributed by atoms with E-state index in [4.69, 9.17) is 10.6 Å². The quantitative estimate of drug-likeness (QED) is 0.640. The first-order valence-corrected chi connectivity index (χ1v) is 9.02. The van der Waals surface area contributed by atoms with Crippen molar-refractivity contribution in [3.63, 3.8) is 0 Å². The smallest absolute Gasteiger partial charge is 0.128 e. The molecule has 0 amide bonds. The van der Waals surface area contributed by atoms with Crippen molar-refractivity contribution in [1.82, 2.24) is 10.4 Å². The Bertz CT molecular complexity index is 450. The highest BCUT2D eigenvalue weighted by Crippen LogP contribution is 2.29. The highest BCUT2D eigenvalue weighted by atomic mass is 32.2. The van der Waals surface area contributed by atoms with Crippen LogP contribution in [0.1, 0.15) is 16.8 Å². The van der Waals surface area contributed by atoms with E-state index >= 15 is 0 Å². The summed E-state index contributed by atoms with van der Waals surface area (Å²) in [4.78, 5) is 4.58. The number of nitrogens with two attached hydrogens (primary N) is 1. The molecule has 1 aromatic rings. The minimum atomic E-state index is 0.256. The van der Waals surface area contributed by atoms with Crippen LogP contribution in [0.15, 0.2) is 6.20 Å². The van der Waals surface area contributed by atoms with Gasteiger partial charge in [-0.05, 0) is 13.8 Å². The summed E-state index contributed by atoms with van der Waals surface area (Å²) in [5.41, 5.74) is 6.26. The number of nitrogens with one attached hydrogen (secondary N) is 1. The van der Waals surface area contributed by atoms with E-state index in [0.717, 1.165) is 34.7 Å². The van der Waals surface area contributed by atoms with Crippen LogP contribution in [0.25, 0.3) is 0 Å². The Morgan fingerprint density at radius 3 is 2.90 bits per heavy atom. The summed E-state index contributed by atoms with van der Waals surface area (Å²) in [6.07, 6.45) is 2.73. The van der Waals surface area contributed by atoms with Gasteiger partial charge in [-0.2, -0.15) is 23.5 Å². The van der Waals surface area contributed by atoms with Crippen LogP contribution in [0, 0.1) is 13.8 Å². The molecular weight excluding hydrogens is 290 g/mol. The van der Waals surface area contributed by atoms with Crippen molar-refractivity contribution < 1.29 is 4.74 Å². The summed E-state index contributed by atoms with van der Waals surface area (Å²) in [6.45, 7) is 4.10. The molecule has 1 fully saturated rings. The minimum absolute atomic E-state index is 0.256. The highest BCUT2D eigenvalue weighted by molar-refractivity contribution is 8.06. The fourth-order valence-electron chi connectivity index (χ4n) is 2.52. The van der Waals surface area contributed by atoms with Crippen LogP contribution in [0.5, 0.6) is 5.75 Å². The maximum atomic E-state index is 5.77. The maximum absolute atomic E-state index is 5.77. The Hall–Kier alpha value is -0.430. The third kappa shape index (κ3) is 3.61. The number of thioether (sulfide) groups is 2. The standard InChI is InChI=1S/C14H23N3OS2/c1-9-7-16-11(10(2)14(9)18-3)6-12(17-15)13-8-19-4-5-20-13/h7,12-13,17H,4-6,8,15H2,1-3H3. The fraction of sp³-hybridized carbons (Fsp3) is 0.643. The van der Waals surface area contributed by atoms with E-state index in [1.54, 1.807) is 7.11 Å². The van der Waals surface area contributed by atoms with Gasteiger partial charge in [0.1, 0.15) is 5.75 Å². The molecule has 2 unspecified atom stereocenters. The maximum Gasteiger partial charge on any atom is 0.128 e. The van der Waals surface area contributed by atoms with Crippen LogP contribution in [0.3, 0.4) is 0 Å². The molecule has 0 radical (unpaired) electrons. The Morgan fingerprint density at radius 1 is 1.50 bits per heavy atom. The van der Waals surface area contributed by atoms with E-state index in [1.807, 2.05) is 36.6 Å². The molecule has 2 rings (SSSR count). The number of hydrazine groups is 1. The number of nitrogens with zero attached hydrogens (tertiary/aromatic N) is 1. The molecule has 20 heavy (non-hydrogen) atoms. The first-order chi connectivity index (χ1) is 9.67. The Labute approximate surface area is 129 Å². The van der Waals surface area contributed by atoms with Gasteiger partial charge >= 0.3 is 0 Å². The average Bonchev–Trinajstić information content (AvgIpc) is 2.48. The van der Waals surface area contributed by atoms with Gasteiger partial charge in [0.05, 0.1) is 7.11 Å². The van der Waals surface area contributed by atoms with Crippen LogP contribution < -0.4 is 16.0 Å². The molecule has 1 aliphatic rings. The fourth-order valence-corrected chi connectivity index (χ4v) is 5.39. The molecule has 112 valence electrons. The zero-order chi connectivity index (χ0) is 14.5. The van der Waals surface area contributed by atoms with E-state index in [1.165, 1.54) is 11.5 Å². The molecule has 0 aliphatic carbocycles. The molecule has 0 spiro atoms. The van der Waals surface area contributed by atoms with Crippen LogP contribution in [-0.2, 0) is 6.42 Å².